The van der Waals surface area contributed by atoms with E-state index in [4.69, 9.17) is 14.2 Å². The standard InChI is InChI=1S/C23H27N3O4/c1-16(2)5-3-4-6-23(27)28-12-11-17-7-9-19-20(13-17)25-26(24-19)18-8-10-21-22(14-18)30-15-29-21/h7-10,13-14,16H,3-6,11-12,15H2,1-2H3. The van der Waals surface area contributed by atoms with E-state index in [0.29, 0.717) is 31.1 Å². The molecule has 0 unspecified atom stereocenters. The lowest BCUT2D eigenvalue weighted by Crippen LogP contribution is -2.07. The van der Waals surface area contributed by atoms with Crippen LogP contribution >= 0.6 is 0 Å². The van der Waals surface area contributed by atoms with E-state index in [1.807, 2.05) is 36.4 Å². The average molecular weight is 409 g/mol. The van der Waals surface area contributed by atoms with Gasteiger partial charge in [-0.15, -0.1) is 10.2 Å². The molecule has 0 N–H and O–H groups in total. The number of nitrogens with zero attached hydrogens (tertiary/aromatic N) is 3. The largest absolute Gasteiger partial charge is 0.465 e. The fraction of sp³-hybridized carbons (Fsp3) is 0.435. The molecule has 2 heterocycles. The number of benzene rings is 2. The summed E-state index contributed by atoms with van der Waals surface area (Å²) in [5.41, 5.74) is 3.47. The number of unbranched alkanes of at least 4 members (excludes halogenated alkanes) is 1. The number of ether oxygens (including phenoxy) is 3. The second kappa shape index (κ2) is 9.15. The van der Waals surface area contributed by atoms with E-state index in [0.717, 1.165) is 47.3 Å². The molecule has 2 aromatic carbocycles. The van der Waals surface area contributed by atoms with Crippen LogP contribution in [0.4, 0.5) is 0 Å². The summed E-state index contributed by atoms with van der Waals surface area (Å²) in [6, 6.07) is 11.5. The monoisotopic (exact) mass is 409 g/mol. The Hall–Kier alpha value is -3.09. The first-order chi connectivity index (χ1) is 14.6. The molecule has 0 fully saturated rings. The second-order valence-corrected chi connectivity index (χ2v) is 7.96. The first-order valence-corrected chi connectivity index (χ1v) is 10.5. The maximum Gasteiger partial charge on any atom is 0.305 e. The molecule has 0 atom stereocenters. The Labute approximate surface area is 175 Å². The molecule has 30 heavy (non-hydrogen) atoms. The van der Waals surface area contributed by atoms with Crippen LogP contribution in [0.15, 0.2) is 36.4 Å². The van der Waals surface area contributed by atoms with Crippen molar-refractivity contribution in [2.45, 2.75) is 46.0 Å². The fourth-order valence-corrected chi connectivity index (χ4v) is 3.42. The van der Waals surface area contributed by atoms with Gasteiger partial charge < -0.3 is 14.2 Å². The Bertz CT molecular complexity index is 1030. The molecule has 0 aliphatic carbocycles. The predicted octanol–water partition coefficient (Wildman–Crippen LogP) is 4.45. The van der Waals surface area contributed by atoms with Gasteiger partial charge in [0.25, 0.3) is 0 Å². The van der Waals surface area contributed by atoms with Gasteiger partial charge in [0.1, 0.15) is 11.0 Å². The zero-order valence-corrected chi connectivity index (χ0v) is 17.5. The third-order valence-corrected chi connectivity index (χ3v) is 5.10. The maximum absolute atomic E-state index is 11.9. The summed E-state index contributed by atoms with van der Waals surface area (Å²) in [7, 11) is 0. The molecule has 0 radical (unpaired) electrons. The average Bonchev–Trinajstić information content (AvgIpc) is 3.36. The third-order valence-electron chi connectivity index (χ3n) is 5.10. The minimum atomic E-state index is -0.117. The smallest absolute Gasteiger partial charge is 0.305 e. The van der Waals surface area contributed by atoms with Crippen LogP contribution < -0.4 is 9.47 Å². The molecule has 4 rings (SSSR count). The number of carbonyl (C=O) groups is 1. The van der Waals surface area contributed by atoms with Crippen LogP contribution in [0.1, 0.15) is 45.1 Å². The molecule has 1 aliphatic rings. The van der Waals surface area contributed by atoms with Gasteiger partial charge in [0.05, 0.1) is 12.3 Å². The van der Waals surface area contributed by atoms with Crippen molar-refractivity contribution in [3.63, 3.8) is 0 Å². The minimum absolute atomic E-state index is 0.117. The Kier molecular flexibility index (Phi) is 6.16. The lowest BCUT2D eigenvalue weighted by molar-refractivity contribution is -0.143. The number of rotatable bonds is 9. The summed E-state index contributed by atoms with van der Waals surface area (Å²) >= 11 is 0. The van der Waals surface area contributed by atoms with Gasteiger partial charge in [-0.2, -0.15) is 4.80 Å². The summed E-state index contributed by atoms with van der Waals surface area (Å²) < 4.78 is 16.1. The normalized spacial score (nSPS) is 12.6. The third kappa shape index (κ3) is 4.90. The molecule has 7 nitrogen and oxygen atoms in total. The van der Waals surface area contributed by atoms with E-state index in [2.05, 4.69) is 24.0 Å². The van der Waals surface area contributed by atoms with Crippen molar-refractivity contribution < 1.29 is 19.0 Å². The highest BCUT2D eigenvalue weighted by atomic mass is 16.7. The van der Waals surface area contributed by atoms with E-state index in [9.17, 15) is 4.79 Å². The first-order valence-electron chi connectivity index (χ1n) is 10.5. The van der Waals surface area contributed by atoms with E-state index < -0.39 is 0 Å². The topological polar surface area (TPSA) is 75.5 Å². The zero-order chi connectivity index (χ0) is 20.9. The van der Waals surface area contributed by atoms with Crippen molar-refractivity contribution in [1.82, 2.24) is 15.0 Å². The molecule has 0 bridgehead atoms. The second-order valence-electron chi connectivity index (χ2n) is 7.96. The number of fused-ring (bicyclic) bond motifs is 2. The van der Waals surface area contributed by atoms with Crippen LogP contribution in [0.5, 0.6) is 11.5 Å². The molecule has 0 spiro atoms. The molecule has 7 heteroatoms. The van der Waals surface area contributed by atoms with Crippen LogP contribution in [-0.4, -0.2) is 34.4 Å². The predicted molar refractivity (Wildman–Crippen MR) is 113 cm³/mol. The van der Waals surface area contributed by atoms with Gasteiger partial charge in [-0.1, -0.05) is 32.8 Å². The van der Waals surface area contributed by atoms with Crippen LogP contribution in [0.3, 0.4) is 0 Å². The van der Waals surface area contributed by atoms with Gasteiger partial charge in [-0.3, -0.25) is 4.79 Å². The zero-order valence-electron chi connectivity index (χ0n) is 17.5. The molecular weight excluding hydrogens is 382 g/mol. The number of carbonyl (C=O) groups excluding carboxylic acids is 1. The number of hydrogen-bond donors (Lipinski definition) is 0. The summed E-state index contributed by atoms with van der Waals surface area (Å²) in [4.78, 5) is 13.5. The fourth-order valence-electron chi connectivity index (χ4n) is 3.42. The van der Waals surface area contributed by atoms with Crippen molar-refractivity contribution >= 4 is 17.0 Å². The molecule has 1 aromatic heterocycles. The van der Waals surface area contributed by atoms with Crippen molar-refractivity contribution in [2.24, 2.45) is 5.92 Å². The highest BCUT2D eigenvalue weighted by Crippen LogP contribution is 2.33. The lowest BCUT2D eigenvalue weighted by Gasteiger charge is -2.06. The highest BCUT2D eigenvalue weighted by Gasteiger charge is 2.15. The number of aromatic nitrogens is 3. The van der Waals surface area contributed by atoms with Gasteiger partial charge in [0, 0.05) is 18.9 Å². The van der Waals surface area contributed by atoms with Crippen LogP contribution in [0.2, 0.25) is 0 Å². The van der Waals surface area contributed by atoms with Crippen LogP contribution in [-0.2, 0) is 16.0 Å². The number of hydrogen-bond acceptors (Lipinski definition) is 6. The quantitative estimate of drug-likeness (QED) is 0.384. The highest BCUT2D eigenvalue weighted by molar-refractivity contribution is 5.75. The lowest BCUT2D eigenvalue weighted by atomic mass is 10.1. The van der Waals surface area contributed by atoms with Crippen LogP contribution in [0.25, 0.3) is 16.7 Å². The Morgan fingerprint density at radius 3 is 2.77 bits per heavy atom. The van der Waals surface area contributed by atoms with E-state index >= 15 is 0 Å². The van der Waals surface area contributed by atoms with Gasteiger partial charge in [0.15, 0.2) is 11.5 Å². The molecular formula is C23H27N3O4. The molecule has 158 valence electrons. The van der Waals surface area contributed by atoms with Crippen molar-refractivity contribution in [2.75, 3.05) is 13.4 Å². The van der Waals surface area contributed by atoms with Gasteiger partial charge in [-0.25, -0.2) is 0 Å². The van der Waals surface area contributed by atoms with Crippen LogP contribution in [0, 0.1) is 5.92 Å². The summed E-state index contributed by atoms with van der Waals surface area (Å²) in [5.74, 6) is 1.99. The molecule has 0 saturated heterocycles. The minimum Gasteiger partial charge on any atom is -0.465 e. The molecule has 0 saturated carbocycles. The molecule has 3 aromatic rings. The SMILES string of the molecule is CC(C)CCCCC(=O)OCCc1ccc2nn(-c3ccc4c(c3)OCO4)nc2c1. The number of esters is 1. The van der Waals surface area contributed by atoms with Gasteiger partial charge >= 0.3 is 5.97 Å². The van der Waals surface area contributed by atoms with Gasteiger partial charge in [0.2, 0.25) is 6.79 Å². The Balaban J connectivity index is 1.32. The Morgan fingerprint density at radius 1 is 1.07 bits per heavy atom. The van der Waals surface area contributed by atoms with Crippen molar-refractivity contribution in [3.05, 3.63) is 42.0 Å². The summed E-state index contributed by atoms with van der Waals surface area (Å²) in [5, 5.41) is 9.11. The van der Waals surface area contributed by atoms with E-state index in [1.54, 1.807) is 4.80 Å². The van der Waals surface area contributed by atoms with Gasteiger partial charge in [-0.05, 0) is 42.2 Å². The molecule has 0 amide bonds. The first kappa shape index (κ1) is 20.2. The van der Waals surface area contributed by atoms with E-state index in [-0.39, 0.29) is 12.8 Å². The Morgan fingerprint density at radius 2 is 1.90 bits per heavy atom. The van der Waals surface area contributed by atoms with Crippen molar-refractivity contribution in [1.29, 1.82) is 0 Å². The van der Waals surface area contributed by atoms with E-state index in [1.165, 1.54) is 0 Å². The molecule has 1 aliphatic heterocycles. The summed E-state index contributed by atoms with van der Waals surface area (Å²) in [6.07, 6.45) is 4.27. The van der Waals surface area contributed by atoms with Crippen molar-refractivity contribution in [3.8, 4) is 17.2 Å². The maximum atomic E-state index is 11.9. The summed E-state index contributed by atoms with van der Waals surface area (Å²) in [6.45, 7) is 5.01.